The Balaban J connectivity index is 2.20. The van der Waals surface area contributed by atoms with E-state index in [2.05, 4.69) is 15.9 Å². The third kappa shape index (κ3) is 3.61. The van der Waals surface area contributed by atoms with Crippen molar-refractivity contribution in [3.8, 4) is 11.5 Å². The Kier molecular flexibility index (Phi) is 4.66. The van der Waals surface area contributed by atoms with Gasteiger partial charge >= 0.3 is 5.97 Å². The van der Waals surface area contributed by atoms with Crippen molar-refractivity contribution in [2.45, 2.75) is 25.4 Å². The lowest BCUT2D eigenvalue weighted by Gasteiger charge is -2.15. The molecule has 1 unspecified atom stereocenters. The summed E-state index contributed by atoms with van der Waals surface area (Å²) in [4.78, 5) is 10.5. The Morgan fingerprint density at radius 2 is 1.95 bits per heavy atom. The highest BCUT2D eigenvalue weighted by molar-refractivity contribution is 9.10. The maximum atomic E-state index is 10.5. The normalized spacial score (nSPS) is 15.7. The van der Waals surface area contributed by atoms with E-state index in [0.29, 0.717) is 34.7 Å². The number of ether oxygens (including phenoxy) is 2. The van der Waals surface area contributed by atoms with Gasteiger partial charge in [0.1, 0.15) is 0 Å². The first kappa shape index (κ1) is 14.1. The minimum absolute atomic E-state index is 0.0813. The fraction of sp³-hybridized carbons (Fsp3) is 0.462. The Bertz CT molecular complexity index is 474. The van der Waals surface area contributed by atoms with E-state index in [-0.39, 0.29) is 12.8 Å². The molecule has 1 aliphatic heterocycles. The third-order valence-corrected chi connectivity index (χ3v) is 3.54. The molecule has 0 aliphatic carbocycles. The van der Waals surface area contributed by atoms with Gasteiger partial charge in [-0.3, -0.25) is 4.79 Å². The van der Waals surface area contributed by atoms with Crippen LogP contribution in [0.1, 0.15) is 30.9 Å². The van der Waals surface area contributed by atoms with Gasteiger partial charge in [0.2, 0.25) is 0 Å². The molecule has 6 heteroatoms. The molecule has 2 rings (SSSR count). The first-order valence-corrected chi connectivity index (χ1v) is 6.86. The summed E-state index contributed by atoms with van der Waals surface area (Å²) in [5.74, 6) is 0.299. The van der Waals surface area contributed by atoms with E-state index in [1.807, 2.05) is 0 Å². The molecule has 2 N–H and O–H groups in total. The van der Waals surface area contributed by atoms with Gasteiger partial charge in [0.15, 0.2) is 11.5 Å². The molecule has 0 radical (unpaired) electrons. The Morgan fingerprint density at radius 1 is 1.32 bits per heavy atom. The van der Waals surface area contributed by atoms with E-state index in [1.165, 1.54) is 0 Å². The number of fused-ring (bicyclic) bond motifs is 1. The van der Waals surface area contributed by atoms with Crippen molar-refractivity contribution < 1.29 is 24.5 Å². The van der Waals surface area contributed by atoms with Crippen LogP contribution in [0.2, 0.25) is 0 Å². The minimum atomic E-state index is -0.926. The summed E-state index contributed by atoms with van der Waals surface area (Å²) in [6.07, 6.45) is 0.0429. The van der Waals surface area contributed by atoms with Gasteiger partial charge in [0, 0.05) is 17.3 Å². The van der Waals surface area contributed by atoms with Crippen molar-refractivity contribution in [3.63, 3.8) is 0 Å². The molecule has 0 amide bonds. The number of hydrogen-bond acceptors (Lipinski definition) is 4. The highest BCUT2D eigenvalue weighted by atomic mass is 79.9. The van der Waals surface area contributed by atoms with Gasteiger partial charge in [0.05, 0.1) is 19.3 Å². The van der Waals surface area contributed by atoms with E-state index in [9.17, 15) is 9.90 Å². The summed E-state index contributed by atoms with van der Waals surface area (Å²) in [7, 11) is 0. The second-order valence-electron chi connectivity index (χ2n) is 4.32. The molecular formula is C13H15BrO5. The Labute approximate surface area is 119 Å². The van der Waals surface area contributed by atoms with Gasteiger partial charge in [-0.2, -0.15) is 0 Å². The second kappa shape index (κ2) is 6.25. The minimum Gasteiger partial charge on any atom is -0.490 e. The van der Waals surface area contributed by atoms with Gasteiger partial charge in [-0.15, -0.1) is 0 Å². The van der Waals surface area contributed by atoms with E-state index < -0.39 is 12.1 Å². The monoisotopic (exact) mass is 330 g/mol. The average molecular weight is 331 g/mol. The zero-order chi connectivity index (χ0) is 13.8. The average Bonchev–Trinajstić information content (AvgIpc) is 2.59. The van der Waals surface area contributed by atoms with Crippen LogP contribution in [-0.4, -0.2) is 29.4 Å². The Hall–Kier alpha value is -1.27. The lowest BCUT2D eigenvalue weighted by molar-refractivity contribution is -0.137. The van der Waals surface area contributed by atoms with Gasteiger partial charge in [-0.05, 0) is 24.1 Å². The lowest BCUT2D eigenvalue weighted by Crippen LogP contribution is -2.04. The molecule has 1 aromatic rings. The standard InChI is InChI=1S/C13H15BrO5/c14-9-7-12-11(18-4-1-5-19-12)6-8(9)10(15)2-3-13(16)17/h6-7,10,15H,1-5H2,(H,16,17). The number of halogens is 1. The predicted octanol–water partition coefficient (Wildman–Crippen LogP) is 2.51. The van der Waals surface area contributed by atoms with Crippen LogP contribution >= 0.6 is 15.9 Å². The number of hydrogen-bond donors (Lipinski definition) is 2. The van der Waals surface area contributed by atoms with Crippen molar-refractivity contribution in [1.82, 2.24) is 0 Å². The van der Waals surface area contributed by atoms with Crippen LogP contribution in [-0.2, 0) is 4.79 Å². The van der Waals surface area contributed by atoms with Crippen molar-refractivity contribution in [2.24, 2.45) is 0 Å². The fourth-order valence-corrected chi connectivity index (χ4v) is 2.46. The summed E-state index contributed by atoms with van der Waals surface area (Å²) < 4.78 is 11.8. The van der Waals surface area contributed by atoms with Crippen molar-refractivity contribution in [1.29, 1.82) is 0 Å². The van der Waals surface area contributed by atoms with Crippen molar-refractivity contribution in [2.75, 3.05) is 13.2 Å². The fourth-order valence-electron chi connectivity index (χ4n) is 1.87. The molecule has 5 nitrogen and oxygen atoms in total. The number of benzene rings is 1. The molecule has 0 bridgehead atoms. The van der Waals surface area contributed by atoms with E-state index in [4.69, 9.17) is 14.6 Å². The molecule has 19 heavy (non-hydrogen) atoms. The highest BCUT2D eigenvalue weighted by Gasteiger charge is 2.19. The van der Waals surface area contributed by atoms with Crippen LogP contribution in [0, 0.1) is 0 Å². The number of rotatable bonds is 4. The zero-order valence-corrected chi connectivity index (χ0v) is 11.9. The van der Waals surface area contributed by atoms with Crippen LogP contribution in [0.4, 0.5) is 0 Å². The number of aliphatic hydroxyl groups excluding tert-OH is 1. The van der Waals surface area contributed by atoms with Gasteiger partial charge in [0.25, 0.3) is 0 Å². The molecular weight excluding hydrogens is 316 g/mol. The van der Waals surface area contributed by atoms with Crippen LogP contribution < -0.4 is 9.47 Å². The molecule has 1 atom stereocenters. The molecule has 0 saturated heterocycles. The highest BCUT2D eigenvalue weighted by Crippen LogP contribution is 2.38. The molecule has 1 aromatic carbocycles. The topological polar surface area (TPSA) is 76.0 Å². The van der Waals surface area contributed by atoms with E-state index in [1.54, 1.807) is 12.1 Å². The summed E-state index contributed by atoms with van der Waals surface area (Å²) in [5.41, 5.74) is 0.616. The van der Waals surface area contributed by atoms with Crippen molar-refractivity contribution >= 4 is 21.9 Å². The van der Waals surface area contributed by atoms with Crippen molar-refractivity contribution in [3.05, 3.63) is 22.2 Å². The molecule has 0 saturated carbocycles. The number of carbonyl (C=O) groups is 1. The van der Waals surface area contributed by atoms with Gasteiger partial charge < -0.3 is 19.7 Å². The smallest absolute Gasteiger partial charge is 0.303 e. The molecule has 0 spiro atoms. The van der Waals surface area contributed by atoms with E-state index >= 15 is 0 Å². The summed E-state index contributed by atoms with van der Waals surface area (Å²) in [5, 5.41) is 18.7. The zero-order valence-electron chi connectivity index (χ0n) is 10.3. The predicted molar refractivity (Wildman–Crippen MR) is 71.6 cm³/mol. The second-order valence-corrected chi connectivity index (χ2v) is 5.17. The maximum Gasteiger partial charge on any atom is 0.303 e. The third-order valence-electron chi connectivity index (χ3n) is 2.86. The Morgan fingerprint density at radius 3 is 2.58 bits per heavy atom. The summed E-state index contributed by atoms with van der Waals surface area (Å²) in [6.45, 7) is 1.17. The summed E-state index contributed by atoms with van der Waals surface area (Å²) in [6, 6.07) is 3.46. The first-order chi connectivity index (χ1) is 9.08. The maximum absolute atomic E-state index is 10.5. The van der Waals surface area contributed by atoms with Gasteiger partial charge in [-0.1, -0.05) is 15.9 Å². The van der Waals surface area contributed by atoms with Gasteiger partial charge in [-0.25, -0.2) is 0 Å². The lowest BCUT2D eigenvalue weighted by atomic mass is 10.0. The summed E-state index contributed by atoms with van der Waals surface area (Å²) >= 11 is 3.37. The SMILES string of the molecule is O=C(O)CCC(O)c1cc2c(cc1Br)OCCCO2. The molecule has 0 fully saturated rings. The van der Waals surface area contributed by atoms with Crippen LogP contribution in [0.5, 0.6) is 11.5 Å². The van der Waals surface area contributed by atoms with Crippen LogP contribution in [0.3, 0.4) is 0 Å². The number of aliphatic hydroxyl groups is 1. The molecule has 0 aromatic heterocycles. The molecule has 104 valence electrons. The molecule has 1 aliphatic rings. The number of carboxylic acids is 1. The van der Waals surface area contributed by atoms with Crippen LogP contribution in [0.25, 0.3) is 0 Å². The number of carboxylic acid groups (broad SMARTS) is 1. The van der Waals surface area contributed by atoms with Crippen LogP contribution in [0.15, 0.2) is 16.6 Å². The van der Waals surface area contributed by atoms with E-state index in [0.717, 1.165) is 6.42 Å². The number of aliphatic carboxylic acids is 1. The first-order valence-electron chi connectivity index (χ1n) is 6.07. The molecule has 1 heterocycles. The quantitative estimate of drug-likeness (QED) is 0.887. The largest absolute Gasteiger partial charge is 0.490 e.